The van der Waals surface area contributed by atoms with Gasteiger partial charge in [0.2, 0.25) is 0 Å². The van der Waals surface area contributed by atoms with Crippen molar-refractivity contribution in [3.05, 3.63) is 23.5 Å². The van der Waals surface area contributed by atoms with Gasteiger partial charge in [-0.05, 0) is 13.0 Å². The van der Waals surface area contributed by atoms with Crippen LogP contribution in [0.3, 0.4) is 0 Å². The monoisotopic (exact) mass is 124 g/mol. The number of aryl methyl sites for hydroxylation is 1. The number of hydrogen-bond acceptors (Lipinski definition) is 1. The third-order valence-corrected chi connectivity index (χ3v) is 0.986. The van der Waals surface area contributed by atoms with Crippen molar-refractivity contribution in [3.8, 4) is 0 Å². The minimum Gasteiger partial charge on any atom is -0.478 e. The molecule has 0 amide bonds. The Morgan fingerprint density at radius 1 is 1.89 bits per heavy atom. The van der Waals surface area contributed by atoms with Crippen LogP contribution in [0.1, 0.15) is 16.1 Å². The number of nitrogens with one attached hydrogen (secondary N) is 1. The molecule has 9 heavy (non-hydrogen) atoms. The average molecular weight is 124 g/mol. The van der Waals surface area contributed by atoms with E-state index in [1.165, 1.54) is 6.07 Å². The van der Waals surface area contributed by atoms with Crippen LogP contribution in [0.4, 0.5) is 0 Å². The quantitative estimate of drug-likeness (QED) is 0.582. The molecule has 47 valence electrons. The first-order chi connectivity index (χ1) is 4.20. The molecule has 0 saturated carbocycles. The van der Waals surface area contributed by atoms with E-state index in [2.05, 4.69) is 11.2 Å². The van der Waals surface area contributed by atoms with Gasteiger partial charge in [-0.1, -0.05) is 0 Å². The summed E-state index contributed by atoms with van der Waals surface area (Å²) >= 11 is 0. The van der Waals surface area contributed by atoms with E-state index in [0.29, 0.717) is 0 Å². The number of aromatic carboxylic acids is 1. The van der Waals surface area contributed by atoms with E-state index in [1.807, 2.05) is 0 Å². The Kier molecular flexibility index (Phi) is 1.26. The fraction of sp³-hybridized carbons (Fsp3) is 0.167. The number of H-pyrrole nitrogens is 1. The molecule has 0 aromatic carbocycles. The fourth-order valence-corrected chi connectivity index (χ4v) is 0.570. The van der Waals surface area contributed by atoms with Gasteiger partial charge in [-0.25, -0.2) is 4.79 Å². The average Bonchev–Trinajstić information content (AvgIpc) is 2.14. The van der Waals surface area contributed by atoms with E-state index in [4.69, 9.17) is 5.11 Å². The van der Waals surface area contributed by atoms with Gasteiger partial charge in [0.15, 0.2) is 0 Å². The summed E-state index contributed by atoms with van der Waals surface area (Å²) < 4.78 is 0. The molecule has 0 saturated heterocycles. The van der Waals surface area contributed by atoms with Crippen LogP contribution in [0.15, 0.2) is 6.07 Å². The summed E-state index contributed by atoms with van der Waals surface area (Å²) in [5.74, 6) is -0.945. The lowest BCUT2D eigenvalue weighted by Gasteiger charge is -1.78. The number of carboxylic acid groups (broad SMARTS) is 1. The first-order valence-electron chi connectivity index (χ1n) is 2.51. The Morgan fingerprint density at radius 3 is 2.78 bits per heavy atom. The van der Waals surface area contributed by atoms with Crippen LogP contribution < -0.4 is 0 Å². The molecule has 0 unspecified atom stereocenters. The molecule has 2 N–H and O–H groups in total. The van der Waals surface area contributed by atoms with Crippen molar-refractivity contribution in [1.82, 2.24) is 4.98 Å². The molecule has 3 heteroatoms. The first kappa shape index (κ1) is 5.88. The van der Waals surface area contributed by atoms with Crippen LogP contribution in [-0.4, -0.2) is 16.1 Å². The molecule has 1 heterocycles. The third kappa shape index (κ3) is 1.10. The second-order valence-electron chi connectivity index (χ2n) is 1.80. The molecule has 1 aromatic heterocycles. The summed E-state index contributed by atoms with van der Waals surface area (Å²) in [5.41, 5.74) is 1.000. The van der Waals surface area contributed by atoms with Crippen LogP contribution >= 0.6 is 0 Å². The zero-order valence-corrected chi connectivity index (χ0v) is 4.93. The van der Waals surface area contributed by atoms with Crippen molar-refractivity contribution in [3.63, 3.8) is 0 Å². The highest BCUT2D eigenvalue weighted by Gasteiger charge is 2.02. The van der Waals surface area contributed by atoms with Gasteiger partial charge in [0.25, 0.3) is 0 Å². The molecule has 0 spiro atoms. The van der Waals surface area contributed by atoms with Crippen molar-refractivity contribution in [2.45, 2.75) is 6.92 Å². The zero-order valence-electron chi connectivity index (χ0n) is 4.93. The van der Waals surface area contributed by atoms with Gasteiger partial charge in [0.05, 0.1) is 11.8 Å². The minimum absolute atomic E-state index is 0.188. The molecule has 3 nitrogen and oxygen atoms in total. The van der Waals surface area contributed by atoms with Gasteiger partial charge in [-0.2, -0.15) is 0 Å². The Labute approximate surface area is 52.3 Å². The molecular weight excluding hydrogens is 118 g/mol. The Balaban J connectivity index is 2.98. The zero-order chi connectivity index (χ0) is 6.85. The predicted molar refractivity (Wildman–Crippen MR) is 31.3 cm³/mol. The minimum atomic E-state index is -0.945. The van der Waals surface area contributed by atoms with Crippen LogP contribution in [0.5, 0.6) is 0 Å². The predicted octanol–water partition coefficient (Wildman–Crippen LogP) is 0.822. The number of aromatic nitrogens is 1. The van der Waals surface area contributed by atoms with Crippen LogP contribution in [0, 0.1) is 13.1 Å². The lowest BCUT2D eigenvalue weighted by Crippen LogP contribution is -1.91. The molecular formula is C6H6NO2. The molecule has 1 rings (SSSR count). The van der Waals surface area contributed by atoms with E-state index >= 15 is 0 Å². The van der Waals surface area contributed by atoms with Crippen molar-refractivity contribution in [2.75, 3.05) is 0 Å². The van der Waals surface area contributed by atoms with Crippen LogP contribution in [-0.2, 0) is 0 Å². The number of carbonyl (C=O) groups is 1. The highest BCUT2D eigenvalue weighted by molar-refractivity contribution is 5.87. The summed E-state index contributed by atoms with van der Waals surface area (Å²) in [6, 6.07) is 1.53. The molecule has 1 aromatic rings. The Hall–Kier alpha value is -1.25. The van der Waals surface area contributed by atoms with Crippen molar-refractivity contribution in [2.24, 2.45) is 0 Å². The maximum Gasteiger partial charge on any atom is 0.337 e. The lowest BCUT2D eigenvalue weighted by atomic mass is 10.3. The smallest absolute Gasteiger partial charge is 0.337 e. The van der Waals surface area contributed by atoms with Crippen molar-refractivity contribution >= 4 is 5.97 Å². The van der Waals surface area contributed by atoms with Gasteiger partial charge < -0.3 is 10.1 Å². The summed E-state index contributed by atoms with van der Waals surface area (Å²) in [5, 5.41) is 8.35. The molecule has 0 atom stereocenters. The van der Waals surface area contributed by atoms with E-state index in [9.17, 15) is 4.79 Å². The number of aromatic amines is 1. The van der Waals surface area contributed by atoms with E-state index < -0.39 is 5.97 Å². The normalized spacial score (nSPS) is 9.44. The van der Waals surface area contributed by atoms with Gasteiger partial charge in [-0.3, -0.25) is 0 Å². The SMILES string of the molecule is Cc1cc(C(=O)O)[c][nH]1. The van der Waals surface area contributed by atoms with Gasteiger partial charge >= 0.3 is 5.97 Å². The van der Waals surface area contributed by atoms with Gasteiger partial charge in [0.1, 0.15) is 0 Å². The number of rotatable bonds is 1. The lowest BCUT2D eigenvalue weighted by molar-refractivity contribution is 0.0696. The highest BCUT2D eigenvalue weighted by Crippen LogP contribution is 1.99. The maximum atomic E-state index is 10.2. The molecule has 0 aliphatic heterocycles. The molecule has 1 radical (unpaired) electrons. The number of hydrogen-bond donors (Lipinski definition) is 2. The van der Waals surface area contributed by atoms with Gasteiger partial charge in [-0.15, -0.1) is 0 Å². The molecule has 0 aliphatic carbocycles. The largest absolute Gasteiger partial charge is 0.478 e. The summed E-state index contributed by atoms with van der Waals surface area (Å²) in [6.45, 7) is 1.78. The highest BCUT2D eigenvalue weighted by atomic mass is 16.4. The fourth-order valence-electron chi connectivity index (χ4n) is 0.570. The molecule has 0 aliphatic rings. The Morgan fingerprint density at radius 2 is 2.56 bits per heavy atom. The summed E-state index contributed by atoms with van der Waals surface area (Å²) in [6.07, 6.45) is 2.48. The topological polar surface area (TPSA) is 53.1 Å². The van der Waals surface area contributed by atoms with Crippen LogP contribution in [0.2, 0.25) is 0 Å². The third-order valence-electron chi connectivity index (χ3n) is 0.986. The van der Waals surface area contributed by atoms with Crippen LogP contribution in [0.25, 0.3) is 0 Å². The first-order valence-corrected chi connectivity index (χ1v) is 2.51. The van der Waals surface area contributed by atoms with Crippen molar-refractivity contribution < 1.29 is 9.90 Å². The molecule has 0 bridgehead atoms. The van der Waals surface area contributed by atoms with E-state index in [-0.39, 0.29) is 5.56 Å². The maximum absolute atomic E-state index is 10.2. The standard InChI is InChI=1S/C6H6NO2/c1-4-2-5(3-7-4)6(8)9/h2,7H,1H3,(H,8,9). The van der Waals surface area contributed by atoms with E-state index in [0.717, 1.165) is 5.69 Å². The van der Waals surface area contributed by atoms with E-state index in [1.54, 1.807) is 6.92 Å². The Bertz CT molecular complexity index is 227. The number of carboxylic acids is 1. The summed E-state index contributed by atoms with van der Waals surface area (Å²) in [7, 11) is 0. The second-order valence-corrected chi connectivity index (χ2v) is 1.80. The molecule has 0 fully saturated rings. The van der Waals surface area contributed by atoms with Gasteiger partial charge in [0, 0.05) is 5.69 Å². The van der Waals surface area contributed by atoms with Crippen molar-refractivity contribution in [1.29, 1.82) is 0 Å². The summed E-state index contributed by atoms with van der Waals surface area (Å²) in [4.78, 5) is 12.8. The second kappa shape index (κ2) is 1.93.